The van der Waals surface area contributed by atoms with Crippen LogP contribution in [0, 0.1) is 6.92 Å². The molecule has 0 radical (unpaired) electrons. The van der Waals surface area contributed by atoms with Crippen LogP contribution in [-0.4, -0.2) is 34.4 Å². The highest BCUT2D eigenvalue weighted by atomic mass is 16.3. The molecule has 1 N–H and O–H groups in total. The molecule has 4 heteroatoms. The summed E-state index contributed by atoms with van der Waals surface area (Å²) in [5.74, 6) is 0.916. The summed E-state index contributed by atoms with van der Waals surface area (Å²) in [6.45, 7) is 7.03. The lowest BCUT2D eigenvalue weighted by Crippen LogP contribution is -2.29. The minimum Gasteiger partial charge on any atom is -0.395 e. The highest BCUT2D eigenvalue weighted by Gasteiger charge is 2.15. The zero-order chi connectivity index (χ0) is 13.3. The van der Waals surface area contributed by atoms with E-state index in [0.717, 1.165) is 17.0 Å². The van der Waals surface area contributed by atoms with Crippen molar-refractivity contribution in [2.75, 3.05) is 18.6 Å². The third kappa shape index (κ3) is 2.20. The van der Waals surface area contributed by atoms with E-state index in [1.165, 1.54) is 5.56 Å². The van der Waals surface area contributed by atoms with Gasteiger partial charge in [-0.3, -0.25) is 0 Å². The lowest BCUT2D eigenvalue weighted by molar-refractivity contribution is 0.278. The number of aromatic nitrogens is 2. The van der Waals surface area contributed by atoms with E-state index in [-0.39, 0.29) is 6.61 Å². The number of hydrogen-bond acceptors (Lipinski definition) is 3. The van der Waals surface area contributed by atoms with Crippen LogP contribution in [0.25, 0.3) is 11.0 Å². The predicted molar refractivity (Wildman–Crippen MR) is 75.1 cm³/mol. The Labute approximate surface area is 108 Å². The molecule has 0 bridgehead atoms. The monoisotopic (exact) mass is 247 g/mol. The smallest absolute Gasteiger partial charge is 0.206 e. The van der Waals surface area contributed by atoms with Crippen LogP contribution in [0.3, 0.4) is 0 Å². The number of imidazole rings is 1. The largest absolute Gasteiger partial charge is 0.395 e. The second-order valence-electron chi connectivity index (χ2n) is 4.98. The summed E-state index contributed by atoms with van der Waals surface area (Å²) in [6.07, 6.45) is 0. The summed E-state index contributed by atoms with van der Waals surface area (Å²) >= 11 is 0. The van der Waals surface area contributed by atoms with Gasteiger partial charge in [-0.2, -0.15) is 0 Å². The van der Waals surface area contributed by atoms with Crippen LogP contribution in [-0.2, 0) is 6.54 Å². The van der Waals surface area contributed by atoms with Gasteiger partial charge in [0.05, 0.1) is 17.6 Å². The first-order chi connectivity index (χ1) is 8.54. The molecule has 2 aromatic rings. The van der Waals surface area contributed by atoms with Crippen LogP contribution in [0.4, 0.5) is 5.95 Å². The Morgan fingerprint density at radius 3 is 2.72 bits per heavy atom. The van der Waals surface area contributed by atoms with Crippen molar-refractivity contribution in [1.29, 1.82) is 0 Å². The summed E-state index contributed by atoms with van der Waals surface area (Å²) < 4.78 is 2.08. The minimum absolute atomic E-state index is 0.123. The first-order valence-electron chi connectivity index (χ1n) is 6.35. The molecule has 0 atom stereocenters. The number of aliphatic hydroxyl groups is 1. The Bertz CT molecular complexity index is 545. The molecular formula is C14H21N3O. The van der Waals surface area contributed by atoms with Crippen LogP contribution in [0.2, 0.25) is 0 Å². The zero-order valence-electron chi connectivity index (χ0n) is 11.5. The van der Waals surface area contributed by atoms with Gasteiger partial charge in [0, 0.05) is 19.6 Å². The Balaban J connectivity index is 2.60. The SMILES string of the molecule is Cc1ccc2c(c1)nc(N(C)C(C)C)n2CCO. The van der Waals surface area contributed by atoms with Crippen molar-refractivity contribution in [2.24, 2.45) is 0 Å². The molecule has 0 spiro atoms. The molecule has 0 saturated carbocycles. The molecule has 0 fully saturated rings. The summed E-state index contributed by atoms with van der Waals surface area (Å²) in [6, 6.07) is 6.61. The maximum atomic E-state index is 9.23. The van der Waals surface area contributed by atoms with E-state index in [0.29, 0.717) is 12.6 Å². The number of rotatable bonds is 4. The van der Waals surface area contributed by atoms with Gasteiger partial charge >= 0.3 is 0 Å². The van der Waals surface area contributed by atoms with Gasteiger partial charge in [-0.1, -0.05) is 6.07 Å². The van der Waals surface area contributed by atoms with E-state index in [1.807, 2.05) is 7.05 Å². The Morgan fingerprint density at radius 2 is 2.11 bits per heavy atom. The second-order valence-corrected chi connectivity index (χ2v) is 4.98. The number of nitrogens with zero attached hydrogens (tertiary/aromatic N) is 3. The van der Waals surface area contributed by atoms with Crippen LogP contribution < -0.4 is 4.90 Å². The van der Waals surface area contributed by atoms with Gasteiger partial charge in [0.15, 0.2) is 0 Å². The molecular weight excluding hydrogens is 226 g/mol. The summed E-state index contributed by atoms with van der Waals surface area (Å²) in [5.41, 5.74) is 3.28. The van der Waals surface area contributed by atoms with E-state index in [4.69, 9.17) is 4.98 Å². The van der Waals surface area contributed by atoms with Crippen molar-refractivity contribution in [2.45, 2.75) is 33.4 Å². The molecule has 1 aromatic heterocycles. The van der Waals surface area contributed by atoms with Crippen molar-refractivity contribution >= 4 is 17.0 Å². The molecule has 0 aliphatic carbocycles. The van der Waals surface area contributed by atoms with Gasteiger partial charge < -0.3 is 14.6 Å². The van der Waals surface area contributed by atoms with Crippen LogP contribution in [0.1, 0.15) is 19.4 Å². The average Bonchev–Trinajstić information content (AvgIpc) is 2.66. The van der Waals surface area contributed by atoms with Crippen LogP contribution >= 0.6 is 0 Å². The van der Waals surface area contributed by atoms with Crippen molar-refractivity contribution in [3.05, 3.63) is 23.8 Å². The molecule has 0 saturated heterocycles. The van der Waals surface area contributed by atoms with E-state index in [2.05, 4.69) is 48.4 Å². The topological polar surface area (TPSA) is 41.3 Å². The number of aliphatic hydroxyl groups excluding tert-OH is 1. The predicted octanol–water partition coefficient (Wildman–Crippen LogP) is 2.18. The molecule has 0 amide bonds. The average molecular weight is 247 g/mol. The fraction of sp³-hybridized carbons (Fsp3) is 0.500. The van der Waals surface area contributed by atoms with E-state index >= 15 is 0 Å². The highest BCUT2D eigenvalue weighted by molar-refractivity contribution is 5.79. The van der Waals surface area contributed by atoms with Crippen molar-refractivity contribution in [3.63, 3.8) is 0 Å². The van der Waals surface area contributed by atoms with E-state index in [9.17, 15) is 5.11 Å². The first kappa shape index (κ1) is 12.9. The number of aryl methyl sites for hydroxylation is 1. The number of benzene rings is 1. The number of fused-ring (bicyclic) bond motifs is 1. The van der Waals surface area contributed by atoms with Gasteiger partial charge in [0.25, 0.3) is 0 Å². The van der Waals surface area contributed by atoms with Crippen LogP contribution in [0.15, 0.2) is 18.2 Å². The molecule has 0 unspecified atom stereocenters. The van der Waals surface area contributed by atoms with Crippen molar-refractivity contribution < 1.29 is 5.11 Å². The third-order valence-corrected chi connectivity index (χ3v) is 3.30. The molecule has 1 aromatic carbocycles. The van der Waals surface area contributed by atoms with Gasteiger partial charge in [-0.05, 0) is 38.5 Å². The lowest BCUT2D eigenvalue weighted by Gasteiger charge is -2.23. The third-order valence-electron chi connectivity index (χ3n) is 3.30. The molecule has 4 nitrogen and oxygen atoms in total. The quantitative estimate of drug-likeness (QED) is 0.900. The molecule has 0 aliphatic rings. The number of hydrogen-bond donors (Lipinski definition) is 1. The number of anilines is 1. The summed E-state index contributed by atoms with van der Waals surface area (Å²) in [7, 11) is 2.03. The van der Waals surface area contributed by atoms with E-state index < -0.39 is 0 Å². The molecule has 0 aliphatic heterocycles. The maximum absolute atomic E-state index is 9.23. The van der Waals surface area contributed by atoms with E-state index in [1.54, 1.807) is 0 Å². The Hall–Kier alpha value is -1.55. The normalized spacial score (nSPS) is 11.4. The standard InChI is InChI=1S/C14H21N3O/c1-10(2)16(4)14-15-12-9-11(3)5-6-13(12)17(14)7-8-18/h5-6,9-10,18H,7-8H2,1-4H3. The zero-order valence-corrected chi connectivity index (χ0v) is 11.5. The highest BCUT2D eigenvalue weighted by Crippen LogP contribution is 2.23. The minimum atomic E-state index is 0.123. The molecule has 1 heterocycles. The summed E-state index contributed by atoms with van der Waals surface area (Å²) in [4.78, 5) is 6.82. The van der Waals surface area contributed by atoms with Gasteiger partial charge in [-0.25, -0.2) is 4.98 Å². The fourth-order valence-corrected chi connectivity index (χ4v) is 2.05. The van der Waals surface area contributed by atoms with Crippen molar-refractivity contribution in [1.82, 2.24) is 9.55 Å². The molecule has 98 valence electrons. The Kier molecular flexibility index (Phi) is 3.57. The van der Waals surface area contributed by atoms with Crippen LogP contribution in [0.5, 0.6) is 0 Å². The fourth-order valence-electron chi connectivity index (χ4n) is 2.05. The summed E-state index contributed by atoms with van der Waals surface area (Å²) in [5, 5.41) is 9.23. The lowest BCUT2D eigenvalue weighted by atomic mass is 10.2. The first-order valence-corrected chi connectivity index (χ1v) is 6.35. The Morgan fingerprint density at radius 1 is 1.39 bits per heavy atom. The van der Waals surface area contributed by atoms with Crippen molar-refractivity contribution in [3.8, 4) is 0 Å². The van der Waals surface area contributed by atoms with Gasteiger partial charge in [-0.15, -0.1) is 0 Å². The maximum Gasteiger partial charge on any atom is 0.206 e. The van der Waals surface area contributed by atoms with Gasteiger partial charge in [0.1, 0.15) is 0 Å². The molecule has 2 rings (SSSR count). The second kappa shape index (κ2) is 4.98. The van der Waals surface area contributed by atoms with Gasteiger partial charge in [0.2, 0.25) is 5.95 Å². The molecule has 18 heavy (non-hydrogen) atoms.